The van der Waals surface area contributed by atoms with Crippen LogP contribution in [0.25, 0.3) is 0 Å². The average Bonchev–Trinajstić information content (AvgIpc) is 2.47. The number of nitrogens with one attached hydrogen (secondary N) is 1. The molecule has 2 rings (SSSR count). The quantitative estimate of drug-likeness (QED) is 0.663. The van der Waals surface area contributed by atoms with Crippen LogP contribution >= 0.6 is 0 Å². The van der Waals surface area contributed by atoms with E-state index in [2.05, 4.69) is 50.4 Å². The molecule has 0 saturated heterocycles. The Balaban J connectivity index is 2.19. The molecule has 3 heteroatoms. The van der Waals surface area contributed by atoms with Crippen LogP contribution < -0.4 is 10.1 Å². The highest BCUT2D eigenvalue weighted by molar-refractivity contribution is 5.97. The summed E-state index contributed by atoms with van der Waals surface area (Å²) in [5.74, 6) is 1.81. The summed E-state index contributed by atoms with van der Waals surface area (Å²) in [7, 11) is 1.67. The number of nitrogens with zero attached hydrogens (tertiary/aromatic N) is 1. The van der Waals surface area contributed by atoms with Crippen molar-refractivity contribution in [1.29, 1.82) is 0 Å². The smallest absolute Gasteiger partial charge is 0.119 e. The van der Waals surface area contributed by atoms with Crippen LogP contribution in [0.4, 0.5) is 5.69 Å². The molecule has 0 bridgehead atoms. The molecule has 1 N–H and O–H groups in total. The Morgan fingerprint density at radius 3 is 2.18 bits per heavy atom. The second-order valence-electron chi connectivity index (χ2n) is 6.25. The van der Waals surface area contributed by atoms with Crippen LogP contribution in [0.15, 0.2) is 59.6 Å². The first kappa shape index (κ1) is 16.1. The van der Waals surface area contributed by atoms with E-state index in [-0.39, 0.29) is 5.54 Å². The number of anilines is 1. The summed E-state index contributed by atoms with van der Waals surface area (Å²) in [5.41, 5.74) is 2.13. The van der Waals surface area contributed by atoms with Crippen molar-refractivity contribution in [3.05, 3.63) is 60.2 Å². The van der Waals surface area contributed by atoms with Gasteiger partial charge in [0.1, 0.15) is 11.6 Å². The maximum atomic E-state index is 5.19. The zero-order chi connectivity index (χ0) is 16.0. The van der Waals surface area contributed by atoms with E-state index in [4.69, 9.17) is 9.73 Å². The molecule has 0 aromatic heterocycles. The van der Waals surface area contributed by atoms with Crippen LogP contribution in [-0.2, 0) is 6.42 Å². The number of ether oxygens (including phenoxy) is 1. The second-order valence-corrected chi connectivity index (χ2v) is 6.25. The van der Waals surface area contributed by atoms with E-state index in [0.29, 0.717) is 0 Å². The third-order valence-electron chi connectivity index (χ3n) is 3.06. The summed E-state index contributed by atoms with van der Waals surface area (Å²) in [4.78, 5) is 4.82. The molecule has 2 aromatic carbocycles. The van der Waals surface area contributed by atoms with Gasteiger partial charge in [-0.1, -0.05) is 30.3 Å². The molecule has 0 heterocycles. The lowest BCUT2D eigenvalue weighted by atomic mass is 10.1. The van der Waals surface area contributed by atoms with Gasteiger partial charge in [0.05, 0.1) is 12.6 Å². The minimum atomic E-state index is -0.121. The summed E-state index contributed by atoms with van der Waals surface area (Å²) < 4.78 is 5.19. The third kappa shape index (κ3) is 5.24. The predicted molar refractivity (Wildman–Crippen MR) is 94.0 cm³/mol. The van der Waals surface area contributed by atoms with E-state index >= 15 is 0 Å². The van der Waals surface area contributed by atoms with Gasteiger partial charge in [-0.2, -0.15) is 0 Å². The number of hydrogen-bond acceptors (Lipinski definition) is 2. The van der Waals surface area contributed by atoms with Crippen molar-refractivity contribution in [1.82, 2.24) is 0 Å². The van der Waals surface area contributed by atoms with Gasteiger partial charge in [0.25, 0.3) is 0 Å². The van der Waals surface area contributed by atoms with Gasteiger partial charge >= 0.3 is 0 Å². The lowest BCUT2D eigenvalue weighted by Gasteiger charge is -2.18. The van der Waals surface area contributed by atoms with Crippen molar-refractivity contribution in [3.63, 3.8) is 0 Å². The molecule has 0 aliphatic rings. The molecule has 116 valence electrons. The Morgan fingerprint density at radius 2 is 1.64 bits per heavy atom. The van der Waals surface area contributed by atoms with E-state index in [1.54, 1.807) is 7.11 Å². The first-order chi connectivity index (χ1) is 10.5. The molecule has 0 atom stereocenters. The molecule has 0 fully saturated rings. The minimum Gasteiger partial charge on any atom is -0.497 e. The van der Waals surface area contributed by atoms with Gasteiger partial charge in [0.15, 0.2) is 0 Å². The highest BCUT2D eigenvalue weighted by Gasteiger charge is 2.11. The summed E-state index contributed by atoms with van der Waals surface area (Å²) in [5, 5.41) is 3.43. The molecule has 0 amide bonds. The molecule has 0 radical (unpaired) electrons. The van der Waals surface area contributed by atoms with E-state index in [1.165, 1.54) is 5.56 Å². The molecular weight excluding hydrogens is 272 g/mol. The Bertz CT molecular complexity index is 610. The number of rotatable bonds is 4. The molecule has 0 spiro atoms. The van der Waals surface area contributed by atoms with E-state index in [9.17, 15) is 0 Å². The Kier molecular flexibility index (Phi) is 5.21. The fraction of sp³-hybridized carbons (Fsp3) is 0.316. The molecule has 0 aliphatic carbocycles. The van der Waals surface area contributed by atoms with Crippen molar-refractivity contribution in [2.45, 2.75) is 32.7 Å². The Hall–Kier alpha value is -2.29. The van der Waals surface area contributed by atoms with Crippen molar-refractivity contribution in [3.8, 4) is 5.75 Å². The summed E-state index contributed by atoms with van der Waals surface area (Å²) in [6.45, 7) is 6.31. The summed E-state index contributed by atoms with van der Waals surface area (Å²) in [6.07, 6.45) is 0.782. The number of aliphatic imine (C=N–C) groups is 1. The van der Waals surface area contributed by atoms with Crippen LogP contribution in [-0.4, -0.2) is 18.5 Å². The fourth-order valence-corrected chi connectivity index (χ4v) is 2.15. The van der Waals surface area contributed by atoms with Gasteiger partial charge in [-0.05, 0) is 50.6 Å². The maximum Gasteiger partial charge on any atom is 0.119 e. The first-order valence-corrected chi connectivity index (χ1v) is 7.50. The standard InChI is InChI=1S/C19H24N2O/c1-19(2,3)21-18(14-15-8-6-5-7-9-15)20-16-10-12-17(22-4)13-11-16/h5-13H,14H2,1-4H3,(H,20,21). The molecular formula is C19H24N2O. The predicted octanol–water partition coefficient (Wildman–Crippen LogP) is 4.55. The number of benzene rings is 2. The first-order valence-electron chi connectivity index (χ1n) is 7.50. The van der Waals surface area contributed by atoms with Crippen LogP contribution in [0.3, 0.4) is 0 Å². The van der Waals surface area contributed by atoms with Crippen molar-refractivity contribution >= 4 is 11.5 Å². The van der Waals surface area contributed by atoms with E-state index < -0.39 is 0 Å². The van der Waals surface area contributed by atoms with Crippen molar-refractivity contribution < 1.29 is 4.74 Å². The monoisotopic (exact) mass is 296 g/mol. The number of methoxy groups -OCH3 is 1. The number of amidine groups is 1. The fourth-order valence-electron chi connectivity index (χ4n) is 2.15. The molecule has 2 aromatic rings. The SMILES string of the molecule is COc1ccc(NC(Cc2ccccc2)=NC(C)(C)C)cc1. The van der Waals surface area contributed by atoms with Gasteiger partial charge < -0.3 is 10.1 Å². The largest absolute Gasteiger partial charge is 0.497 e. The maximum absolute atomic E-state index is 5.19. The van der Waals surface area contributed by atoms with Gasteiger partial charge in [0, 0.05) is 12.1 Å². The summed E-state index contributed by atoms with van der Waals surface area (Å²) >= 11 is 0. The molecule has 3 nitrogen and oxygen atoms in total. The van der Waals surface area contributed by atoms with E-state index in [0.717, 1.165) is 23.7 Å². The van der Waals surface area contributed by atoms with Gasteiger partial charge in [-0.25, -0.2) is 0 Å². The molecule has 0 aliphatic heterocycles. The van der Waals surface area contributed by atoms with Crippen LogP contribution in [0.2, 0.25) is 0 Å². The van der Waals surface area contributed by atoms with Crippen molar-refractivity contribution in [2.24, 2.45) is 4.99 Å². The average molecular weight is 296 g/mol. The van der Waals surface area contributed by atoms with Gasteiger partial charge in [0.2, 0.25) is 0 Å². The zero-order valence-corrected chi connectivity index (χ0v) is 13.8. The third-order valence-corrected chi connectivity index (χ3v) is 3.06. The van der Waals surface area contributed by atoms with E-state index in [1.807, 2.05) is 30.3 Å². The topological polar surface area (TPSA) is 33.6 Å². The zero-order valence-electron chi connectivity index (χ0n) is 13.8. The summed E-state index contributed by atoms with van der Waals surface area (Å²) in [6, 6.07) is 18.3. The normalized spacial score (nSPS) is 12.1. The van der Waals surface area contributed by atoms with Crippen LogP contribution in [0, 0.1) is 0 Å². The Labute approximate surface area is 133 Å². The lowest BCUT2D eigenvalue weighted by molar-refractivity contribution is 0.415. The van der Waals surface area contributed by atoms with Gasteiger partial charge in [-0.15, -0.1) is 0 Å². The van der Waals surface area contributed by atoms with Crippen molar-refractivity contribution in [2.75, 3.05) is 12.4 Å². The number of hydrogen-bond donors (Lipinski definition) is 1. The molecule has 0 saturated carbocycles. The van der Waals surface area contributed by atoms with Gasteiger partial charge in [-0.3, -0.25) is 4.99 Å². The van der Waals surface area contributed by atoms with Crippen LogP contribution in [0.1, 0.15) is 26.3 Å². The van der Waals surface area contributed by atoms with Crippen LogP contribution in [0.5, 0.6) is 5.75 Å². The molecule has 0 unspecified atom stereocenters. The minimum absolute atomic E-state index is 0.121. The molecule has 22 heavy (non-hydrogen) atoms. The second kappa shape index (κ2) is 7.12. The highest BCUT2D eigenvalue weighted by atomic mass is 16.5. The Morgan fingerprint density at radius 1 is 1.00 bits per heavy atom. The highest BCUT2D eigenvalue weighted by Crippen LogP contribution is 2.17. The lowest BCUT2D eigenvalue weighted by Crippen LogP contribution is -2.22.